The van der Waals surface area contributed by atoms with Gasteiger partial charge in [0.25, 0.3) is 0 Å². The van der Waals surface area contributed by atoms with E-state index in [1.54, 1.807) is 11.8 Å². The first-order chi connectivity index (χ1) is 9.56. The van der Waals surface area contributed by atoms with Gasteiger partial charge in [-0.3, -0.25) is 4.79 Å². The molecule has 0 saturated carbocycles. The van der Waals surface area contributed by atoms with Crippen molar-refractivity contribution in [3.05, 3.63) is 30.3 Å². The highest BCUT2D eigenvalue weighted by atomic mass is 32.2. The average Bonchev–Trinajstić information content (AvgIpc) is 2.77. The molecule has 1 aliphatic heterocycles. The molecule has 0 bridgehead atoms. The largest absolute Gasteiger partial charge is 0.391 e. The van der Waals surface area contributed by atoms with Crippen LogP contribution in [0, 0.1) is 0 Å². The van der Waals surface area contributed by atoms with E-state index in [1.165, 1.54) is 0 Å². The summed E-state index contributed by atoms with van der Waals surface area (Å²) in [6.45, 7) is 1.27. The number of hydrogen-bond acceptors (Lipinski definition) is 4. The molecule has 2 atom stereocenters. The van der Waals surface area contributed by atoms with Crippen molar-refractivity contribution in [1.29, 1.82) is 0 Å². The topological polar surface area (TPSA) is 43.8 Å². The lowest BCUT2D eigenvalue weighted by Gasteiger charge is -2.26. The van der Waals surface area contributed by atoms with Crippen molar-refractivity contribution in [3.8, 4) is 0 Å². The molecule has 20 heavy (non-hydrogen) atoms. The molecule has 4 nitrogen and oxygen atoms in total. The third-order valence-corrected chi connectivity index (χ3v) is 4.39. The molecule has 1 N–H and O–H groups in total. The maximum atomic E-state index is 12.3. The lowest BCUT2D eigenvalue weighted by Crippen LogP contribution is -2.42. The van der Waals surface area contributed by atoms with Crippen LogP contribution in [0.2, 0.25) is 0 Å². The van der Waals surface area contributed by atoms with E-state index in [4.69, 9.17) is 0 Å². The second-order valence-corrected chi connectivity index (χ2v) is 6.50. The first-order valence-electron chi connectivity index (χ1n) is 6.86. The third-order valence-electron chi connectivity index (χ3n) is 3.39. The summed E-state index contributed by atoms with van der Waals surface area (Å²) < 4.78 is 0. The van der Waals surface area contributed by atoms with Gasteiger partial charge in [-0.15, -0.1) is 11.8 Å². The van der Waals surface area contributed by atoms with Crippen LogP contribution in [0.15, 0.2) is 35.2 Å². The number of carbonyl (C=O) groups excluding carboxylic acids is 1. The summed E-state index contributed by atoms with van der Waals surface area (Å²) in [5, 5.41) is 9.80. The van der Waals surface area contributed by atoms with Crippen LogP contribution in [-0.4, -0.2) is 65.9 Å². The van der Waals surface area contributed by atoms with E-state index in [0.29, 0.717) is 18.7 Å². The van der Waals surface area contributed by atoms with E-state index < -0.39 is 0 Å². The van der Waals surface area contributed by atoms with Gasteiger partial charge in [0, 0.05) is 24.0 Å². The van der Waals surface area contributed by atoms with Gasteiger partial charge in [-0.25, -0.2) is 0 Å². The summed E-state index contributed by atoms with van der Waals surface area (Å²) in [5.74, 6) is 0.544. The quantitative estimate of drug-likeness (QED) is 0.832. The average molecular weight is 294 g/mol. The molecule has 0 spiro atoms. The molecule has 0 aliphatic carbocycles. The summed E-state index contributed by atoms with van der Waals surface area (Å²) in [6.07, 6.45) is 0.297. The summed E-state index contributed by atoms with van der Waals surface area (Å²) in [5.41, 5.74) is 0. The minimum absolute atomic E-state index is 0.113. The third kappa shape index (κ3) is 4.23. The van der Waals surface area contributed by atoms with Crippen molar-refractivity contribution in [2.45, 2.75) is 23.5 Å². The molecule has 0 radical (unpaired) electrons. The Labute approximate surface area is 124 Å². The van der Waals surface area contributed by atoms with Crippen LogP contribution in [0.5, 0.6) is 0 Å². The fraction of sp³-hybridized carbons (Fsp3) is 0.533. The molecule has 1 aromatic rings. The van der Waals surface area contributed by atoms with Crippen LogP contribution < -0.4 is 0 Å². The normalized spacial score (nSPS) is 22.5. The fourth-order valence-corrected chi connectivity index (χ4v) is 3.34. The Kier molecular flexibility index (Phi) is 5.46. The van der Waals surface area contributed by atoms with E-state index in [9.17, 15) is 9.90 Å². The van der Waals surface area contributed by atoms with Crippen molar-refractivity contribution in [2.24, 2.45) is 0 Å². The van der Waals surface area contributed by atoms with Gasteiger partial charge in [0.2, 0.25) is 5.91 Å². The van der Waals surface area contributed by atoms with Gasteiger partial charge in [-0.1, -0.05) is 18.2 Å². The van der Waals surface area contributed by atoms with Crippen molar-refractivity contribution in [3.63, 3.8) is 0 Å². The molecule has 0 aromatic heterocycles. The predicted octanol–water partition coefficient (Wildman–Crippen LogP) is 1.30. The second kappa shape index (κ2) is 7.11. The van der Waals surface area contributed by atoms with Gasteiger partial charge in [0.15, 0.2) is 0 Å². The lowest BCUT2D eigenvalue weighted by molar-refractivity contribution is -0.129. The molecule has 2 rings (SSSR count). The fourth-order valence-electron chi connectivity index (χ4n) is 2.54. The predicted molar refractivity (Wildman–Crippen MR) is 81.8 cm³/mol. The highest BCUT2D eigenvalue weighted by molar-refractivity contribution is 8.00. The molecule has 1 fully saturated rings. The summed E-state index contributed by atoms with van der Waals surface area (Å²) in [7, 11) is 3.98. The molecule has 110 valence electrons. The molecule has 1 amide bonds. The molecular formula is C15H22N2O2S. The number of carbonyl (C=O) groups is 1. The first-order valence-corrected chi connectivity index (χ1v) is 7.85. The molecule has 1 heterocycles. The van der Waals surface area contributed by atoms with Crippen LogP contribution >= 0.6 is 11.8 Å². The van der Waals surface area contributed by atoms with Gasteiger partial charge in [-0.05, 0) is 32.6 Å². The molecular weight excluding hydrogens is 272 g/mol. The highest BCUT2D eigenvalue weighted by Crippen LogP contribution is 2.22. The van der Waals surface area contributed by atoms with E-state index in [2.05, 4.69) is 4.90 Å². The minimum atomic E-state index is -0.384. The zero-order valence-electron chi connectivity index (χ0n) is 12.0. The van der Waals surface area contributed by atoms with Gasteiger partial charge in [-0.2, -0.15) is 0 Å². The maximum absolute atomic E-state index is 12.3. The van der Waals surface area contributed by atoms with E-state index >= 15 is 0 Å². The van der Waals surface area contributed by atoms with Gasteiger partial charge in [0.05, 0.1) is 11.9 Å². The number of aliphatic hydroxyl groups excluding tert-OH is 1. The Balaban J connectivity index is 1.90. The number of aliphatic hydroxyl groups is 1. The molecule has 2 unspecified atom stereocenters. The number of β-amino-alcohol motifs (C(OH)–C–C–N with tert-alkyl or cyclic N) is 1. The SMILES string of the molecule is CN(C)CC1CC(O)CN1C(=O)CSc1ccccc1. The van der Waals surface area contributed by atoms with Crippen molar-refractivity contribution < 1.29 is 9.90 Å². The van der Waals surface area contributed by atoms with Gasteiger partial charge >= 0.3 is 0 Å². The molecule has 1 saturated heterocycles. The Morgan fingerprint density at radius 2 is 2.10 bits per heavy atom. The number of likely N-dealkylation sites (N-methyl/N-ethyl adjacent to an activating group) is 1. The second-order valence-electron chi connectivity index (χ2n) is 5.45. The Morgan fingerprint density at radius 1 is 1.40 bits per heavy atom. The molecule has 1 aromatic carbocycles. The van der Waals surface area contributed by atoms with Gasteiger partial charge in [0.1, 0.15) is 0 Å². The summed E-state index contributed by atoms with van der Waals surface area (Å²) >= 11 is 1.55. The summed E-state index contributed by atoms with van der Waals surface area (Å²) in [4.78, 5) is 17.3. The maximum Gasteiger partial charge on any atom is 0.233 e. The van der Waals surface area contributed by atoms with Crippen LogP contribution in [0.1, 0.15) is 6.42 Å². The number of thioether (sulfide) groups is 1. The van der Waals surface area contributed by atoms with Crippen LogP contribution in [0.25, 0.3) is 0 Å². The van der Waals surface area contributed by atoms with Crippen LogP contribution in [0.4, 0.5) is 0 Å². The van der Waals surface area contributed by atoms with Crippen LogP contribution in [0.3, 0.4) is 0 Å². The Morgan fingerprint density at radius 3 is 2.75 bits per heavy atom. The monoisotopic (exact) mass is 294 g/mol. The number of amides is 1. The minimum Gasteiger partial charge on any atom is -0.391 e. The highest BCUT2D eigenvalue weighted by Gasteiger charge is 2.34. The van der Waals surface area contributed by atoms with E-state index in [1.807, 2.05) is 49.3 Å². The standard InChI is InChI=1S/C15H22N2O2S/c1-16(2)9-12-8-13(18)10-17(12)15(19)11-20-14-6-4-3-5-7-14/h3-7,12-13,18H,8-11H2,1-2H3. The van der Waals surface area contributed by atoms with E-state index in [0.717, 1.165) is 11.4 Å². The molecule has 5 heteroatoms. The molecule has 1 aliphatic rings. The smallest absolute Gasteiger partial charge is 0.233 e. The zero-order chi connectivity index (χ0) is 14.5. The van der Waals surface area contributed by atoms with Gasteiger partial charge < -0.3 is 14.9 Å². The van der Waals surface area contributed by atoms with Crippen molar-refractivity contribution in [2.75, 3.05) is 32.9 Å². The van der Waals surface area contributed by atoms with Crippen molar-refractivity contribution in [1.82, 2.24) is 9.80 Å². The number of rotatable bonds is 5. The first kappa shape index (κ1) is 15.4. The summed E-state index contributed by atoms with van der Waals surface area (Å²) in [6, 6.07) is 10.1. The Hall–Kier alpha value is -1.04. The lowest BCUT2D eigenvalue weighted by atomic mass is 10.2. The number of likely N-dealkylation sites (tertiary alicyclic amines) is 1. The van der Waals surface area contributed by atoms with E-state index in [-0.39, 0.29) is 18.1 Å². The Bertz CT molecular complexity index is 439. The van der Waals surface area contributed by atoms with Crippen LogP contribution in [-0.2, 0) is 4.79 Å². The number of nitrogens with zero attached hydrogens (tertiary/aromatic N) is 2. The number of hydrogen-bond donors (Lipinski definition) is 1. The number of benzene rings is 1. The van der Waals surface area contributed by atoms with Crippen molar-refractivity contribution >= 4 is 17.7 Å². The zero-order valence-corrected chi connectivity index (χ0v) is 12.8.